The molecule has 0 aromatic heterocycles. The molecule has 1 heterocycles. The molecule has 0 bridgehead atoms. The lowest BCUT2D eigenvalue weighted by Crippen LogP contribution is -2.53. The molecule has 0 aliphatic carbocycles. The van der Waals surface area contributed by atoms with Crippen molar-refractivity contribution in [2.45, 2.75) is 12.6 Å². The molecule has 1 aliphatic heterocycles. The zero-order valence-electron chi connectivity index (χ0n) is 11.2. The first-order chi connectivity index (χ1) is 8.65. The zero-order valence-corrected chi connectivity index (χ0v) is 11.2. The highest BCUT2D eigenvalue weighted by Crippen LogP contribution is 2.06. The summed E-state index contributed by atoms with van der Waals surface area (Å²) in [5.41, 5.74) is 1.13. The Bertz CT molecular complexity index is 366. The molecule has 1 N–H and O–H groups in total. The monoisotopic (exact) mass is 251 g/mol. The van der Waals surface area contributed by atoms with Gasteiger partial charge in [-0.1, -0.05) is 12.1 Å². The summed E-state index contributed by atoms with van der Waals surface area (Å²) in [6.07, 6.45) is 0. The molecule has 1 unspecified atom stereocenters. The van der Waals surface area contributed by atoms with E-state index in [9.17, 15) is 4.39 Å². The van der Waals surface area contributed by atoms with Gasteiger partial charge in [0.05, 0.1) is 0 Å². The third-order valence-electron chi connectivity index (χ3n) is 3.60. The summed E-state index contributed by atoms with van der Waals surface area (Å²) >= 11 is 0. The van der Waals surface area contributed by atoms with E-state index in [0.29, 0.717) is 6.04 Å². The number of nitrogens with zero attached hydrogens (tertiary/aromatic N) is 2. The molecule has 0 radical (unpaired) electrons. The van der Waals surface area contributed by atoms with Crippen molar-refractivity contribution in [1.29, 1.82) is 0 Å². The van der Waals surface area contributed by atoms with Gasteiger partial charge in [-0.3, -0.25) is 4.90 Å². The fraction of sp³-hybridized carbons (Fsp3) is 0.571. The average molecular weight is 251 g/mol. The fourth-order valence-electron chi connectivity index (χ4n) is 2.31. The highest BCUT2D eigenvalue weighted by Gasteiger charge is 2.21. The molecule has 0 amide bonds. The van der Waals surface area contributed by atoms with E-state index in [1.54, 1.807) is 0 Å². The van der Waals surface area contributed by atoms with Gasteiger partial charge < -0.3 is 10.2 Å². The summed E-state index contributed by atoms with van der Waals surface area (Å²) in [5, 5.41) is 3.45. The topological polar surface area (TPSA) is 18.5 Å². The Hall–Kier alpha value is -0.970. The Labute approximate surface area is 109 Å². The number of hydrogen-bond acceptors (Lipinski definition) is 3. The number of nitrogens with one attached hydrogen (secondary N) is 1. The van der Waals surface area contributed by atoms with Crippen LogP contribution in [-0.2, 0) is 6.54 Å². The molecule has 4 heteroatoms. The van der Waals surface area contributed by atoms with Crippen LogP contribution < -0.4 is 5.32 Å². The summed E-state index contributed by atoms with van der Waals surface area (Å²) in [4.78, 5) is 4.77. The maximum atomic E-state index is 12.8. The number of rotatable bonds is 4. The van der Waals surface area contributed by atoms with Gasteiger partial charge in [-0.2, -0.15) is 0 Å². The average Bonchev–Trinajstić information content (AvgIpc) is 2.36. The molecule has 1 aromatic rings. The summed E-state index contributed by atoms with van der Waals surface area (Å²) in [7, 11) is 4.34. The summed E-state index contributed by atoms with van der Waals surface area (Å²) < 4.78 is 12.8. The van der Waals surface area contributed by atoms with Crippen molar-refractivity contribution in [1.82, 2.24) is 15.1 Å². The van der Waals surface area contributed by atoms with E-state index in [1.165, 1.54) is 12.1 Å². The molecule has 18 heavy (non-hydrogen) atoms. The molecule has 1 fully saturated rings. The van der Waals surface area contributed by atoms with Crippen LogP contribution in [-0.4, -0.2) is 56.1 Å². The van der Waals surface area contributed by atoms with E-state index >= 15 is 0 Å². The molecule has 1 aromatic carbocycles. The normalized spacial score (nSPS) is 22.3. The van der Waals surface area contributed by atoms with Gasteiger partial charge in [0.15, 0.2) is 0 Å². The van der Waals surface area contributed by atoms with Gasteiger partial charge in [0, 0.05) is 38.8 Å². The van der Waals surface area contributed by atoms with Crippen LogP contribution in [0.4, 0.5) is 4.39 Å². The van der Waals surface area contributed by atoms with Gasteiger partial charge in [-0.05, 0) is 31.8 Å². The first-order valence-electron chi connectivity index (χ1n) is 6.49. The van der Waals surface area contributed by atoms with Crippen LogP contribution in [0.3, 0.4) is 0 Å². The van der Waals surface area contributed by atoms with Gasteiger partial charge in [0.25, 0.3) is 0 Å². The van der Waals surface area contributed by atoms with Crippen molar-refractivity contribution in [3.63, 3.8) is 0 Å². The van der Waals surface area contributed by atoms with E-state index in [0.717, 1.165) is 38.3 Å². The van der Waals surface area contributed by atoms with Crippen LogP contribution in [0.25, 0.3) is 0 Å². The molecule has 2 rings (SSSR count). The van der Waals surface area contributed by atoms with Crippen molar-refractivity contribution in [2.24, 2.45) is 0 Å². The van der Waals surface area contributed by atoms with Crippen LogP contribution in [0.1, 0.15) is 5.56 Å². The van der Waals surface area contributed by atoms with Gasteiger partial charge in [0.1, 0.15) is 5.82 Å². The van der Waals surface area contributed by atoms with Crippen LogP contribution in [0, 0.1) is 5.82 Å². The van der Waals surface area contributed by atoms with Crippen LogP contribution in [0.5, 0.6) is 0 Å². The Kier molecular flexibility index (Phi) is 4.69. The molecule has 3 nitrogen and oxygen atoms in total. The quantitative estimate of drug-likeness (QED) is 0.866. The highest BCUT2D eigenvalue weighted by molar-refractivity contribution is 5.15. The maximum absolute atomic E-state index is 12.8. The van der Waals surface area contributed by atoms with Crippen molar-refractivity contribution >= 4 is 0 Å². The number of benzene rings is 1. The van der Waals surface area contributed by atoms with Gasteiger partial charge in [-0.15, -0.1) is 0 Å². The molecule has 0 spiro atoms. The summed E-state index contributed by atoms with van der Waals surface area (Å²) in [6.45, 7) is 5.14. The third kappa shape index (κ3) is 3.77. The van der Waals surface area contributed by atoms with Crippen molar-refractivity contribution in [2.75, 3.05) is 40.3 Å². The van der Waals surface area contributed by atoms with Crippen molar-refractivity contribution in [3.05, 3.63) is 35.6 Å². The Balaban J connectivity index is 1.76. The Morgan fingerprint density at radius 3 is 2.67 bits per heavy atom. The van der Waals surface area contributed by atoms with Crippen LogP contribution in [0.15, 0.2) is 24.3 Å². The molecule has 0 saturated carbocycles. The maximum Gasteiger partial charge on any atom is 0.123 e. The van der Waals surface area contributed by atoms with E-state index in [-0.39, 0.29) is 5.82 Å². The minimum absolute atomic E-state index is 0.174. The highest BCUT2D eigenvalue weighted by atomic mass is 19.1. The first-order valence-corrected chi connectivity index (χ1v) is 6.49. The molecule has 1 aliphatic rings. The second-order valence-corrected chi connectivity index (χ2v) is 5.15. The van der Waals surface area contributed by atoms with Crippen LogP contribution >= 0.6 is 0 Å². The lowest BCUT2D eigenvalue weighted by Gasteiger charge is -2.37. The van der Waals surface area contributed by atoms with Gasteiger partial charge in [-0.25, -0.2) is 4.39 Å². The minimum atomic E-state index is -0.174. The SMILES string of the molecule is CN1CCN(C)C(CNCc2ccc(F)cc2)C1. The standard InChI is InChI=1S/C14H22FN3/c1-17-7-8-18(2)14(11-17)10-16-9-12-3-5-13(15)6-4-12/h3-6,14,16H,7-11H2,1-2H3. The van der Waals surface area contributed by atoms with Gasteiger partial charge in [0.2, 0.25) is 0 Å². The second kappa shape index (κ2) is 6.27. The zero-order chi connectivity index (χ0) is 13.0. The largest absolute Gasteiger partial charge is 0.311 e. The fourth-order valence-corrected chi connectivity index (χ4v) is 2.31. The van der Waals surface area contributed by atoms with E-state index in [1.807, 2.05) is 12.1 Å². The molecule has 1 saturated heterocycles. The number of halogens is 1. The number of piperazine rings is 1. The van der Waals surface area contributed by atoms with Crippen molar-refractivity contribution < 1.29 is 4.39 Å². The molecule has 100 valence electrons. The predicted molar refractivity (Wildman–Crippen MR) is 72.0 cm³/mol. The molecule has 1 atom stereocenters. The third-order valence-corrected chi connectivity index (χ3v) is 3.60. The Morgan fingerprint density at radius 2 is 1.94 bits per heavy atom. The predicted octanol–water partition coefficient (Wildman–Crippen LogP) is 1.16. The second-order valence-electron chi connectivity index (χ2n) is 5.15. The lowest BCUT2D eigenvalue weighted by atomic mass is 10.1. The number of likely N-dealkylation sites (N-methyl/N-ethyl adjacent to an activating group) is 2. The van der Waals surface area contributed by atoms with E-state index in [2.05, 4.69) is 29.2 Å². The molecular formula is C14H22FN3. The smallest absolute Gasteiger partial charge is 0.123 e. The lowest BCUT2D eigenvalue weighted by molar-refractivity contribution is 0.113. The van der Waals surface area contributed by atoms with Gasteiger partial charge >= 0.3 is 0 Å². The number of hydrogen-bond donors (Lipinski definition) is 1. The Morgan fingerprint density at radius 1 is 1.22 bits per heavy atom. The molecular weight excluding hydrogens is 229 g/mol. The minimum Gasteiger partial charge on any atom is -0.311 e. The van der Waals surface area contributed by atoms with Crippen LogP contribution in [0.2, 0.25) is 0 Å². The summed E-state index contributed by atoms with van der Waals surface area (Å²) in [5.74, 6) is -0.174. The van der Waals surface area contributed by atoms with Crippen molar-refractivity contribution in [3.8, 4) is 0 Å². The van der Waals surface area contributed by atoms with E-state index < -0.39 is 0 Å². The van der Waals surface area contributed by atoms with E-state index in [4.69, 9.17) is 0 Å². The first kappa shape index (κ1) is 13.5. The summed E-state index contributed by atoms with van der Waals surface area (Å²) in [6, 6.07) is 7.25.